The highest BCUT2D eigenvalue weighted by Gasteiger charge is 2.13. The van der Waals surface area contributed by atoms with E-state index in [9.17, 15) is 0 Å². The fraction of sp³-hybridized carbons (Fsp3) is 0.333. The van der Waals surface area contributed by atoms with E-state index in [0.29, 0.717) is 12.1 Å². The first-order valence-electron chi connectivity index (χ1n) is 5.20. The molecule has 0 aliphatic heterocycles. The standard InChI is InChI=1S/C12H14BrNS2/c1-8(11-4-3-5-15-11)14-9(2)12-6-10(13)7-16-12/h3-9,14H,1-2H3/t8-,9?/m1/s1. The lowest BCUT2D eigenvalue weighted by atomic mass is 10.2. The van der Waals surface area contributed by atoms with Gasteiger partial charge in [-0.25, -0.2) is 0 Å². The predicted molar refractivity (Wildman–Crippen MR) is 76.3 cm³/mol. The second kappa shape index (κ2) is 5.45. The van der Waals surface area contributed by atoms with E-state index in [1.807, 2.05) is 0 Å². The van der Waals surface area contributed by atoms with E-state index in [2.05, 4.69) is 64.1 Å². The Morgan fingerprint density at radius 3 is 2.50 bits per heavy atom. The molecule has 1 unspecified atom stereocenters. The van der Waals surface area contributed by atoms with Crippen LogP contribution in [0.3, 0.4) is 0 Å². The van der Waals surface area contributed by atoms with Crippen molar-refractivity contribution < 1.29 is 0 Å². The van der Waals surface area contributed by atoms with E-state index >= 15 is 0 Å². The van der Waals surface area contributed by atoms with E-state index in [0.717, 1.165) is 0 Å². The Morgan fingerprint density at radius 2 is 1.94 bits per heavy atom. The van der Waals surface area contributed by atoms with E-state index in [1.165, 1.54) is 14.2 Å². The van der Waals surface area contributed by atoms with Crippen LogP contribution < -0.4 is 5.32 Å². The van der Waals surface area contributed by atoms with Crippen LogP contribution in [-0.2, 0) is 0 Å². The molecule has 0 spiro atoms. The molecule has 1 nitrogen and oxygen atoms in total. The summed E-state index contributed by atoms with van der Waals surface area (Å²) in [5, 5.41) is 7.87. The van der Waals surface area contributed by atoms with Gasteiger partial charge in [-0.3, -0.25) is 0 Å². The molecule has 0 aliphatic rings. The quantitative estimate of drug-likeness (QED) is 0.838. The molecule has 1 N–H and O–H groups in total. The van der Waals surface area contributed by atoms with Gasteiger partial charge in [0.25, 0.3) is 0 Å². The third kappa shape index (κ3) is 2.94. The van der Waals surface area contributed by atoms with Crippen molar-refractivity contribution in [1.82, 2.24) is 5.32 Å². The maximum Gasteiger partial charge on any atom is 0.0391 e. The molecule has 2 aromatic heterocycles. The second-order valence-corrected chi connectivity index (χ2v) is 6.63. The topological polar surface area (TPSA) is 12.0 Å². The summed E-state index contributed by atoms with van der Waals surface area (Å²) in [5.74, 6) is 0. The van der Waals surface area contributed by atoms with E-state index in [1.54, 1.807) is 22.7 Å². The molecule has 2 rings (SSSR count). The van der Waals surface area contributed by atoms with Crippen LogP contribution in [0.15, 0.2) is 33.4 Å². The van der Waals surface area contributed by atoms with Crippen LogP contribution in [0.2, 0.25) is 0 Å². The second-order valence-electron chi connectivity index (χ2n) is 3.79. The fourth-order valence-corrected chi connectivity index (χ4v) is 3.84. The summed E-state index contributed by atoms with van der Waals surface area (Å²) in [7, 11) is 0. The highest BCUT2D eigenvalue weighted by atomic mass is 79.9. The largest absolute Gasteiger partial charge is 0.302 e. The van der Waals surface area contributed by atoms with Crippen LogP contribution >= 0.6 is 38.6 Å². The maximum atomic E-state index is 3.61. The Bertz CT molecular complexity index is 436. The van der Waals surface area contributed by atoms with Crippen LogP contribution in [0.5, 0.6) is 0 Å². The summed E-state index contributed by atoms with van der Waals surface area (Å²) in [6, 6.07) is 7.28. The lowest BCUT2D eigenvalue weighted by molar-refractivity contribution is 0.505. The smallest absolute Gasteiger partial charge is 0.0391 e. The van der Waals surface area contributed by atoms with Gasteiger partial charge in [0.05, 0.1) is 0 Å². The molecule has 86 valence electrons. The molecule has 0 aliphatic carbocycles. The Balaban J connectivity index is 2.00. The van der Waals surface area contributed by atoms with E-state index in [-0.39, 0.29) is 0 Å². The number of rotatable bonds is 4. The van der Waals surface area contributed by atoms with Gasteiger partial charge in [-0.1, -0.05) is 6.07 Å². The molecule has 0 aromatic carbocycles. The summed E-state index contributed by atoms with van der Waals surface area (Å²) < 4.78 is 1.17. The SMILES string of the molecule is CC(N[C@H](C)c1cccs1)c1cc(Br)cs1. The molecule has 16 heavy (non-hydrogen) atoms. The molecule has 2 atom stereocenters. The molecule has 0 amide bonds. The Kier molecular flexibility index (Phi) is 4.19. The van der Waals surface area contributed by atoms with Crippen molar-refractivity contribution in [2.75, 3.05) is 0 Å². The normalized spacial score (nSPS) is 14.9. The third-order valence-corrected chi connectivity index (χ3v) is 5.42. The minimum atomic E-state index is 0.397. The molecule has 0 bridgehead atoms. The number of nitrogens with one attached hydrogen (secondary N) is 1. The summed E-state index contributed by atoms with van der Waals surface area (Å²) in [6.45, 7) is 4.42. The fourth-order valence-electron chi connectivity index (χ4n) is 1.63. The monoisotopic (exact) mass is 315 g/mol. The van der Waals surface area contributed by atoms with Crippen molar-refractivity contribution in [2.24, 2.45) is 0 Å². The van der Waals surface area contributed by atoms with Crippen LogP contribution in [0.25, 0.3) is 0 Å². The molecular formula is C12H14BrNS2. The zero-order valence-electron chi connectivity index (χ0n) is 9.24. The highest BCUT2D eigenvalue weighted by molar-refractivity contribution is 9.10. The van der Waals surface area contributed by atoms with E-state index < -0.39 is 0 Å². The molecule has 0 radical (unpaired) electrons. The van der Waals surface area contributed by atoms with Crippen LogP contribution in [0, 0.1) is 0 Å². The minimum absolute atomic E-state index is 0.397. The van der Waals surface area contributed by atoms with Crippen molar-refractivity contribution in [2.45, 2.75) is 25.9 Å². The van der Waals surface area contributed by atoms with Gasteiger partial charge in [0.15, 0.2) is 0 Å². The Labute approximate surface area is 113 Å². The van der Waals surface area contributed by atoms with Gasteiger partial charge >= 0.3 is 0 Å². The van der Waals surface area contributed by atoms with Gasteiger partial charge in [0.1, 0.15) is 0 Å². The lowest BCUT2D eigenvalue weighted by Crippen LogP contribution is -2.20. The van der Waals surface area contributed by atoms with Gasteiger partial charge in [0.2, 0.25) is 0 Å². The average Bonchev–Trinajstić information content (AvgIpc) is 2.87. The van der Waals surface area contributed by atoms with Gasteiger partial charge in [-0.2, -0.15) is 0 Å². The summed E-state index contributed by atoms with van der Waals surface area (Å²) in [5.41, 5.74) is 0. The molecule has 2 aromatic rings. The van der Waals surface area contributed by atoms with E-state index in [4.69, 9.17) is 0 Å². The van der Waals surface area contributed by atoms with Crippen molar-refractivity contribution in [3.8, 4) is 0 Å². The van der Waals surface area contributed by atoms with Gasteiger partial charge in [-0.15, -0.1) is 22.7 Å². The number of halogens is 1. The first-order valence-corrected chi connectivity index (χ1v) is 7.75. The molecule has 0 saturated heterocycles. The molecular weight excluding hydrogens is 302 g/mol. The minimum Gasteiger partial charge on any atom is -0.302 e. The molecule has 2 heterocycles. The van der Waals surface area contributed by atoms with Crippen LogP contribution in [0.1, 0.15) is 35.7 Å². The zero-order valence-corrected chi connectivity index (χ0v) is 12.5. The van der Waals surface area contributed by atoms with Crippen LogP contribution in [0.4, 0.5) is 0 Å². The summed E-state index contributed by atoms with van der Waals surface area (Å²) in [6.07, 6.45) is 0. The zero-order chi connectivity index (χ0) is 11.5. The van der Waals surface area contributed by atoms with Gasteiger partial charge in [-0.05, 0) is 47.3 Å². The molecule has 0 saturated carbocycles. The summed E-state index contributed by atoms with van der Waals surface area (Å²) >= 11 is 7.09. The lowest BCUT2D eigenvalue weighted by Gasteiger charge is -2.17. The van der Waals surface area contributed by atoms with Gasteiger partial charge in [0, 0.05) is 31.7 Å². The predicted octanol–water partition coefficient (Wildman–Crippen LogP) is 4.98. The third-order valence-electron chi connectivity index (χ3n) is 2.48. The van der Waals surface area contributed by atoms with Crippen LogP contribution in [-0.4, -0.2) is 0 Å². The first kappa shape index (κ1) is 12.3. The van der Waals surface area contributed by atoms with Gasteiger partial charge < -0.3 is 5.32 Å². The molecule has 0 fully saturated rings. The number of thiophene rings is 2. The van der Waals surface area contributed by atoms with Crippen molar-refractivity contribution >= 4 is 38.6 Å². The maximum absolute atomic E-state index is 3.61. The van der Waals surface area contributed by atoms with Crippen molar-refractivity contribution in [3.05, 3.63) is 43.2 Å². The van der Waals surface area contributed by atoms with Crippen molar-refractivity contribution in [3.63, 3.8) is 0 Å². The van der Waals surface area contributed by atoms with Crippen molar-refractivity contribution in [1.29, 1.82) is 0 Å². The number of hydrogen-bond donors (Lipinski definition) is 1. The molecule has 4 heteroatoms. The average molecular weight is 316 g/mol. The summed E-state index contributed by atoms with van der Waals surface area (Å²) in [4.78, 5) is 2.76. The highest BCUT2D eigenvalue weighted by Crippen LogP contribution is 2.28. The Hall–Kier alpha value is -0.160. The first-order chi connectivity index (χ1) is 7.66. The Morgan fingerprint density at radius 1 is 1.19 bits per heavy atom. The number of hydrogen-bond acceptors (Lipinski definition) is 3.